The summed E-state index contributed by atoms with van der Waals surface area (Å²) in [5.74, 6) is -1.32. The molecule has 0 amide bonds. The number of nitrogens with zero attached hydrogens (tertiary/aromatic N) is 7. The molecule has 0 saturated heterocycles. The van der Waals surface area contributed by atoms with Crippen LogP contribution in [0, 0.1) is 10.1 Å². The van der Waals surface area contributed by atoms with Crippen LogP contribution in [0.15, 0.2) is 91.0 Å². The van der Waals surface area contributed by atoms with E-state index in [-0.39, 0.29) is 23.6 Å². The van der Waals surface area contributed by atoms with Gasteiger partial charge in [-0.15, -0.1) is 20.3 Å². The molecule has 6 rings (SSSR count). The number of fused-ring (bicyclic) bond motifs is 1. The molecule has 2 aromatic heterocycles. The Morgan fingerprint density at radius 1 is 0.913 bits per heavy atom. The average Bonchev–Trinajstić information content (AvgIpc) is 3.70. The number of rotatable bonds is 11. The highest BCUT2D eigenvalue weighted by molar-refractivity contribution is 6.01. The minimum Gasteiger partial charge on any atom is -0.478 e. The van der Waals surface area contributed by atoms with Crippen LogP contribution in [0.4, 0.5) is 0 Å². The first kappa shape index (κ1) is 29.6. The predicted octanol–water partition coefficient (Wildman–Crippen LogP) is 4.90. The van der Waals surface area contributed by atoms with Crippen molar-refractivity contribution in [2.75, 3.05) is 6.61 Å². The van der Waals surface area contributed by atoms with Gasteiger partial charge in [0, 0.05) is 11.1 Å². The first-order valence-electron chi connectivity index (χ1n) is 14.1. The lowest BCUT2D eigenvalue weighted by molar-refractivity contribution is -0.763. The lowest BCUT2D eigenvalue weighted by Crippen LogP contribution is -2.15. The molecule has 0 fully saturated rings. The third-order valence-electron chi connectivity index (χ3n) is 7.14. The largest absolute Gasteiger partial charge is 0.478 e. The maximum Gasteiger partial charge on any atom is 0.337 e. The maximum absolute atomic E-state index is 13.0. The second kappa shape index (κ2) is 12.7. The van der Waals surface area contributed by atoms with Crippen molar-refractivity contribution >= 4 is 22.9 Å². The number of tetrazole rings is 1. The van der Waals surface area contributed by atoms with Crippen molar-refractivity contribution in [3.63, 3.8) is 0 Å². The summed E-state index contributed by atoms with van der Waals surface area (Å²) < 4.78 is 7.50. The Labute approximate surface area is 260 Å². The molecule has 14 heteroatoms. The molecule has 2 heterocycles. The van der Waals surface area contributed by atoms with E-state index in [2.05, 4.69) is 25.2 Å². The molecule has 0 spiro atoms. The van der Waals surface area contributed by atoms with Crippen LogP contribution in [0.5, 0.6) is 6.01 Å². The zero-order valence-electron chi connectivity index (χ0n) is 24.3. The van der Waals surface area contributed by atoms with Crippen LogP contribution in [-0.2, 0) is 18.0 Å². The van der Waals surface area contributed by atoms with Gasteiger partial charge >= 0.3 is 5.97 Å². The molecule has 46 heavy (non-hydrogen) atoms. The lowest BCUT2D eigenvalue weighted by Gasteiger charge is -2.12. The average molecular weight is 620 g/mol. The van der Waals surface area contributed by atoms with E-state index in [9.17, 15) is 24.8 Å². The fourth-order valence-corrected chi connectivity index (χ4v) is 5.02. The van der Waals surface area contributed by atoms with E-state index in [1.165, 1.54) is 12.1 Å². The van der Waals surface area contributed by atoms with Crippen LogP contribution in [0.3, 0.4) is 0 Å². The Balaban J connectivity index is 1.25. The summed E-state index contributed by atoms with van der Waals surface area (Å²) in [4.78, 5) is 45.1. The zero-order chi connectivity index (χ0) is 32.2. The summed E-state index contributed by atoms with van der Waals surface area (Å²) in [6.07, 6.45) is 0. The summed E-state index contributed by atoms with van der Waals surface area (Å²) in [6, 6.07) is 26.6. The Morgan fingerprint density at radius 2 is 1.63 bits per heavy atom. The number of hydrogen-bond donors (Lipinski definition) is 1. The summed E-state index contributed by atoms with van der Waals surface area (Å²) in [6.45, 7) is 2.32. The quantitative estimate of drug-likeness (QED) is 0.154. The number of carbonyl (C=O) groups is 2. The normalized spacial score (nSPS) is 11.0. The number of para-hydroxylation sites is 1. The summed E-state index contributed by atoms with van der Waals surface area (Å²) >= 11 is 0. The van der Waals surface area contributed by atoms with Crippen LogP contribution in [0.25, 0.3) is 33.5 Å². The first-order chi connectivity index (χ1) is 22.3. The molecule has 0 saturated carbocycles. The number of aromatic carboxylic acids is 1. The minimum absolute atomic E-state index is 0.139. The Hall–Kier alpha value is -6.44. The Kier molecular flexibility index (Phi) is 8.15. The van der Waals surface area contributed by atoms with E-state index < -0.39 is 17.0 Å². The number of carbonyl (C=O) groups excluding carboxylic acids is 1. The molecule has 4 aromatic carbocycles. The van der Waals surface area contributed by atoms with Gasteiger partial charge < -0.3 is 14.7 Å². The van der Waals surface area contributed by atoms with Crippen molar-refractivity contribution in [2.45, 2.75) is 20.1 Å². The highest BCUT2D eigenvalue weighted by Gasteiger charge is 2.20. The number of hydrogen-bond acceptors (Lipinski definition) is 10. The van der Waals surface area contributed by atoms with Gasteiger partial charge in [0.2, 0.25) is 5.82 Å². The number of aromatic nitrogens is 6. The van der Waals surface area contributed by atoms with E-state index in [1.54, 1.807) is 34.9 Å². The van der Waals surface area contributed by atoms with Crippen molar-refractivity contribution in [2.24, 2.45) is 0 Å². The Bertz CT molecular complexity index is 2070. The summed E-state index contributed by atoms with van der Waals surface area (Å²) in [5.41, 5.74) is 5.18. The SMILES string of the molecule is CCOc1nc2cccc(C(=O)O)c2n1Cc1ccc(-c2ccccc2-c2nnn(C(=O)c3ccc(CO[N+](=O)[O-])cc3)n2)cc1. The van der Waals surface area contributed by atoms with Gasteiger partial charge in [0.05, 0.1) is 29.7 Å². The molecule has 0 aliphatic heterocycles. The number of carboxylic acids is 1. The van der Waals surface area contributed by atoms with E-state index >= 15 is 0 Å². The van der Waals surface area contributed by atoms with Crippen molar-refractivity contribution in [3.8, 4) is 28.5 Å². The van der Waals surface area contributed by atoms with Crippen LogP contribution in [0.1, 0.15) is 38.8 Å². The molecule has 0 bridgehead atoms. The molecule has 0 aliphatic rings. The van der Waals surface area contributed by atoms with Crippen molar-refractivity contribution in [3.05, 3.63) is 123 Å². The monoisotopic (exact) mass is 619 g/mol. The molecule has 6 aromatic rings. The zero-order valence-corrected chi connectivity index (χ0v) is 24.3. The fraction of sp³-hybridized carbons (Fsp3) is 0.125. The highest BCUT2D eigenvalue weighted by atomic mass is 16.9. The van der Waals surface area contributed by atoms with Crippen LogP contribution >= 0.6 is 0 Å². The number of ether oxygens (including phenoxy) is 1. The van der Waals surface area contributed by atoms with Crippen molar-refractivity contribution in [1.82, 2.24) is 29.8 Å². The van der Waals surface area contributed by atoms with Gasteiger partial charge in [-0.25, -0.2) is 4.79 Å². The van der Waals surface area contributed by atoms with E-state index in [0.717, 1.165) is 21.5 Å². The van der Waals surface area contributed by atoms with Crippen molar-refractivity contribution < 1.29 is 29.4 Å². The maximum atomic E-state index is 13.0. The third kappa shape index (κ3) is 5.99. The topological polar surface area (TPSA) is 177 Å². The molecular formula is C32H25N7O7. The summed E-state index contributed by atoms with van der Waals surface area (Å²) in [7, 11) is 0. The molecule has 0 unspecified atom stereocenters. The van der Waals surface area contributed by atoms with E-state index in [4.69, 9.17) is 4.74 Å². The van der Waals surface area contributed by atoms with Crippen molar-refractivity contribution in [1.29, 1.82) is 0 Å². The van der Waals surface area contributed by atoms with Gasteiger partial charge in [-0.1, -0.05) is 71.5 Å². The van der Waals surface area contributed by atoms with Gasteiger partial charge in [-0.05, 0) is 58.7 Å². The molecule has 0 radical (unpaired) electrons. The van der Waals surface area contributed by atoms with Gasteiger partial charge in [-0.3, -0.25) is 9.36 Å². The second-order valence-electron chi connectivity index (χ2n) is 10.0. The second-order valence-corrected chi connectivity index (χ2v) is 10.0. The molecular weight excluding hydrogens is 594 g/mol. The van der Waals surface area contributed by atoms with Gasteiger partial charge in [0.15, 0.2) is 0 Å². The van der Waals surface area contributed by atoms with Gasteiger partial charge in [0.25, 0.3) is 17.0 Å². The van der Waals surface area contributed by atoms with E-state index in [0.29, 0.717) is 41.3 Å². The number of benzene rings is 4. The minimum atomic E-state index is -1.05. The van der Waals surface area contributed by atoms with Crippen LogP contribution in [-0.4, -0.2) is 58.4 Å². The molecule has 0 aliphatic carbocycles. The smallest absolute Gasteiger partial charge is 0.337 e. The first-order valence-corrected chi connectivity index (χ1v) is 14.1. The summed E-state index contributed by atoms with van der Waals surface area (Å²) in [5, 5.41) is 31.7. The highest BCUT2D eigenvalue weighted by Crippen LogP contribution is 2.31. The standard InChI is InChI=1S/C32H25N7O7/c1-2-45-32-33-27-9-5-8-26(31(41)42)28(27)37(32)18-20-10-14-22(15-11-20)24-6-3-4-7-25(24)29-34-36-38(35-29)30(40)23-16-12-21(13-17-23)19-46-39(43)44/h3-17H,2,18-19H2,1H3,(H,41,42). The Morgan fingerprint density at radius 3 is 2.33 bits per heavy atom. The number of imidazole rings is 1. The third-order valence-corrected chi connectivity index (χ3v) is 7.14. The molecule has 0 atom stereocenters. The number of carboxylic acid groups (broad SMARTS) is 1. The molecule has 230 valence electrons. The van der Waals surface area contributed by atoms with E-state index in [1.807, 2.05) is 55.5 Å². The van der Waals surface area contributed by atoms with Crippen LogP contribution in [0.2, 0.25) is 0 Å². The molecule has 14 nitrogen and oxygen atoms in total. The van der Waals surface area contributed by atoms with Gasteiger partial charge in [-0.2, -0.15) is 4.98 Å². The molecule has 1 N–H and O–H groups in total. The fourth-order valence-electron chi connectivity index (χ4n) is 5.02. The predicted molar refractivity (Wildman–Crippen MR) is 164 cm³/mol. The van der Waals surface area contributed by atoms with Crippen LogP contribution < -0.4 is 4.74 Å². The lowest BCUT2D eigenvalue weighted by atomic mass is 9.98. The van der Waals surface area contributed by atoms with Gasteiger partial charge in [0.1, 0.15) is 6.61 Å².